The van der Waals surface area contributed by atoms with E-state index < -0.39 is 5.91 Å². The number of nitrogens with zero attached hydrogens (tertiary/aromatic N) is 3. The zero-order chi connectivity index (χ0) is 21.3. The third-order valence-electron chi connectivity index (χ3n) is 5.94. The van der Waals surface area contributed by atoms with Crippen LogP contribution in [0.4, 0.5) is 5.69 Å². The first kappa shape index (κ1) is 19.9. The van der Waals surface area contributed by atoms with Crippen LogP contribution in [0.15, 0.2) is 36.4 Å². The number of primary amides is 1. The molecule has 1 unspecified atom stereocenters. The van der Waals surface area contributed by atoms with Crippen molar-refractivity contribution in [3.8, 4) is 17.3 Å². The van der Waals surface area contributed by atoms with Crippen LogP contribution in [0.25, 0.3) is 11.1 Å². The number of nitrogens with one attached hydrogen (secondary N) is 1. The van der Waals surface area contributed by atoms with Gasteiger partial charge < -0.3 is 20.9 Å². The zero-order valence-corrected chi connectivity index (χ0v) is 17.0. The van der Waals surface area contributed by atoms with Gasteiger partial charge >= 0.3 is 0 Å². The molecule has 2 amide bonds. The molecule has 0 radical (unpaired) electrons. The fourth-order valence-electron chi connectivity index (χ4n) is 4.45. The minimum Gasteiger partial charge on any atom is -0.366 e. The number of hydrogen-bond donors (Lipinski definition) is 2. The highest BCUT2D eigenvalue weighted by Gasteiger charge is 2.27. The number of nitriles is 1. The topological polar surface area (TPSA) is 102 Å². The van der Waals surface area contributed by atoms with Gasteiger partial charge in [0.15, 0.2) is 6.19 Å². The molecule has 0 aliphatic carbocycles. The van der Waals surface area contributed by atoms with Crippen LogP contribution >= 0.6 is 0 Å². The molecule has 2 aliphatic heterocycles. The number of nitrogens with two attached hydrogens (primary N) is 1. The second-order valence-corrected chi connectivity index (χ2v) is 8.12. The summed E-state index contributed by atoms with van der Waals surface area (Å²) in [6.07, 6.45) is 4.08. The standard InChI is InChI=1S/C23H25N5O2/c1-27-8-4-5-15(11-27)23(30)26-17-9-16-12-28(14-24)13-21(16)20(10-17)18-6-2-3-7-19(18)22(25)29/h2-3,6-7,9-10,15H,4-5,8,11-13H2,1H3,(H2,25,29)(H,26,30). The molecule has 30 heavy (non-hydrogen) atoms. The quantitative estimate of drug-likeness (QED) is 0.764. The van der Waals surface area contributed by atoms with Crippen molar-refractivity contribution < 1.29 is 9.59 Å². The Labute approximate surface area is 176 Å². The highest BCUT2D eigenvalue weighted by Crippen LogP contribution is 2.37. The lowest BCUT2D eigenvalue weighted by atomic mass is 9.92. The molecular formula is C23H25N5O2. The monoisotopic (exact) mass is 403 g/mol. The molecule has 1 atom stereocenters. The normalized spacial score (nSPS) is 18.5. The van der Waals surface area contributed by atoms with Crippen LogP contribution in [0, 0.1) is 17.4 Å². The lowest BCUT2D eigenvalue weighted by Crippen LogP contribution is -2.38. The molecule has 2 aromatic rings. The van der Waals surface area contributed by atoms with Crippen LogP contribution in [0.1, 0.15) is 34.3 Å². The van der Waals surface area contributed by atoms with E-state index in [-0.39, 0.29) is 11.8 Å². The number of carbonyl (C=O) groups excluding carboxylic acids is 2. The van der Waals surface area contributed by atoms with E-state index in [1.807, 2.05) is 31.3 Å². The first-order valence-corrected chi connectivity index (χ1v) is 10.2. The number of carbonyl (C=O) groups is 2. The molecule has 1 saturated heterocycles. The van der Waals surface area contributed by atoms with E-state index in [4.69, 9.17) is 5.73 Å². The van der Waals surface area contributed by atoms with E-state index in [1.165, 1.54) is 0 Å². The van der Waals surface area contributed by atoms with Gasteiger partial charge in [-0.25, -0.2) is 0 Å². The summed E-state index contributed by atoms with van der Waals surface area (Å²) in [6, 6.07) is 11.0. The number of fused-ring (bicyclic) bond motifs is 1. The number of piperidine rings is 1. The summed E-state index contributed by atoms with van der Waals surface area (Å²) < 4.78 is 0. The Kier molecular flexibility index (Phi) is 5.42. The lowest BCUT2D eigenvalue weighted by molar-refractivity contribution is -0.121. The van der Waals surface area contributed by atoms with E-state index in [0.717, 1.165) is 48.2 Å². The second-order valence-electron chi connectivity index (χ2n) is 8.12. The van der Waals surface area contributed by atoms with Crippen LogP contribution in [0.3, 0.4) is 0 Å². The van der Waals surface area contributed by atoms with Gasteiger partial charge in [0.25, 0.3) is 0 Å². The summed E-state index contributed by atoms with van der Waals surface area (Å²) >= 11 is 0. The highest BCUT2D eigenvalue weighted by atomic mass is 16.2. The summed E-state index contributed by atoms with van der Waals surface area (Å²) in [6.45, 7) is 2.71. The van der Waals surface area contributed by atoms with Gasteiger partial charge in [0, 0.05) is 17.8 Å². The SMILES string of the molecule is CN1CCCC(C(=O)Nc2cc3c(c(-c4ccccc4C(N)=O)c2)CN(C#N)C3)C1. The molecular weight excluding hydrogens is 378 g/mol. The van der Waals surface area contributed by atoms with E-state index in [0.29, 0.717) is 24.3 Å². The summed E-state index contributed by atoms with van der Waals surface area (Å²) in [4.78, 5) is 28.7. The maximum absolute atomic E-state index is 12.9. The first-order chi connectivity index (χ1) is 14.5. The Morgan fingerprint density at radius 2 is 2.00 bits per heavy atom. The zero-order valence-electron chi connectivity index (χ0n) is 17.0. The number of anilines is 1. The van der Waals surface area contributed by atoms with Gasteiger partial charge in [-0.3, -0.25) is 9.59 Å². The molecule has 3 N–H and O–H groups in total. The average Bonchev–Trinajstić information content (AvgIpc) is 3.16. The number of amides is 2. The van der Waals surface area contributed by atoms with E-state index in [1.54, 1.807) is 17.0 Å². The molecule has 0 aromatic heterocycles. The predicted octanol–water partition coefficient (Wildman–Crippen LogP) is 2.53. The van der Waals surface area contributed by atoms with E-state index >= 15 is 0 Å². The van der Waals surface area contributed by atoms with Crippen LogP contribution < -0.4 is 11.1 Å². The average molecular weight is 403 g/mol. The highest BCUT2D eigenvalue weighted by molar-refractivity contribution is 6.01. The van der Waals surface area contributed by atoms with Gasteiger partial charge in [-0.2, -0.15) is 5.26 Å². The Morgan fingerprint density at radius 1 is 1.20 bits per heavy atom. The fourth-order valence-corrected chi connectivity index (χ4v) is 4.45. The third kappa shape index (κ3) is 3.87. The van der Waals surface area contributed by atoms with Crippen molar-refractivity contribution in [1.29, 1.82) is 5.26 Å². The Hall–Kier alpha value is -3.37. The molecule has 7 heteroatoms. The summed E-state index contributed by atoms with van der Waals surface area (Å²) in [5.74, 6) is -0.547. The molecule has 4 rings (SSSR count). The van der Waals surface area contributed by atoms with Gasteiger partial charge in [-0.1, -0.05) is 18.2 Å². The molecule has 2 aliphatic rings. The van der Waals surface area contributed by atoms with Crippen molar-refractivity contribution in [3.63, 3.8) is 0 Å². The number of hydrogen-bond acceptors (Lipinski definition) is 5. The lowest BCUT2D eigenvalue weighted by Gasteiger charge is -2.28. The van der Waals surface area contributed by atoms with E-state index in [2.05, 4.69) is 16.4 Å². The summed E-state index contributed by atoms with van der Waals surface area (Å²) in [7, 11) is 2.03. The van der Waals surface area contributed by atoms with E-state index in [9.17, 15) is 14.9 Å². The van der Waals surface area contributed by atoms with Gasteiger partial charge in [-0.05, 0) is 66.9 Å². The molecule has 0 saturated carbocycles. The molecule has 7 nitrogen and oxygen atoms in total. The molecule has 2 heterocycles. The van der Waals surface area contributed by atoms with Gasteiger partial charge in [0.05, 0.1) is 19.0 Å². The maximum Gasteiger partial charge on any atom is 0.249 e. The van der Waals surface area contributed by atoms with Crippen LogP contribution in [-0.4, -0.2) is 41.8 Å². The maximum atomic E-state index is 12.9. The van der Waals surface area contributed by atoms with Crippen molar-refractivity contribution in [3.05, 3.63) is 53.1 Å². The number of likely N-dealkylation sites (tertiary alicyclic amines) is 1. The van der Waals surface area contributed by atoms with Crippen molar-refractivity contribution >= 4 is 17.5 Å². The van der Waals surface area contributed by atoms with Crippen molar-refractivity contribution in [2.24, 2.45) is 11.7 Å². The molecule has 1 fully saturated rings. The third-order valence-corrected chi connectivity index (χ3v) is 5.94. The Balaban J connectivity index is 1.72. The van der Waals surface area contributed by atoms with Crippen molar-refractivity contribution in [2.75, 3.05) is 25.5 Å². The fraction of sp³-hybridized carbons (Fsp3) is 0.348. The smallest absolute Gasteiger partial charge is 0.249 e. The minimum absolute atomic E-state index is 0.00535. The number of benzene rings is 2. The van der Waals surface area contributed by atoms with Gasteiger partial charge in [0.2, 0.25) is 11.8 Å². The molecule has 2 aromatic carbocycles. The van der Waals surface area contributed by atoms with Gasteiger partial charge in [0.1, 0.15) is 0 Å². The Bertz CT molecular complexity index is 1040. The minimum atomic E-state index is -0.505. The largest absolute Gasteiger partial charge is 0.366 e. The predicted molar refractivity (Wildman–Crippen MR) is 114 cm³/mol. The van der Waals surface area contributed by atoms with Crippen molar-refractivity contribution in [1.82, 2.24) is 9.80 Å². The summed E-state index contributed by atoms with van der Waals surface area (Å²) in [5, 5.41) is 12.5. The number of rotatable bonds is 4. The van der Waals surface area contributed by atoms with Crippen LogP contribution in [0.2, 0.25) is 0 Å². The molecule has 154 valence electrons. The second kappa shape index (κ2) is 8.17. The van der Waals surface area contributed by atoms with Crippen LogP contribution in [0.5, 0.6) is 0 Å². The van der Waals surface area contributed by atoms with Crippen LogP contribution in [-0.2, 0) is 17.9 Å². The van der Waals surface area contributed by atoms with Crippen molar-refractivity contribution in [2.45, 2.75) is 25.9 Å². The first-order valence-electron chi connectivity index (χ1n) is 10.2. The Morgan fingerprint density at radius 3 is 2.73 bits per heavy atom. The van der Waals surface area contributed by atoms with Gasteiger partial charge in [-0.15, -0.1) is 0 Å². The molecule has 0 spiro atoms. The molecule has 0 bridgehead atoms. The summed E-state index contributed by atoms with van der Waals surface area (Å²) in [5.41, 5.74) is 10.2.